The molecule has 1 N–H and O–H groups in total. The van der Waals surface area contributed by atoms with Crippen molar-refractivity contribution in [1.29, 1.82) is 0 Å². The van der Waals surface area contributed by atoms with Gasteiger partial charge in [0.05, 0.1) is 19.3 Å². The lowest BCUT2D eigenvalue weighted by Gasteiger charge is -2.36. The van der Waals surface area contributed by atoms with Crippen LogP contribution in [0.5, 0.6) is 0 Å². The van der Waals surface area contributed by atoms with Crippen molar-refractivity contribution in [2.75, 3.05) is 20.3 Å². The quantitative estimate of drug-likeness (QED) is 0.483. The van der Waals surface area contributed by atoms with Crippen LogP contribution < -0.4 is 5.32 Å². The first-order valence-electron chi connectivity index (χ1n) is 8.05. The second kappa shape index (κ2) is 8.90. The van der Waals surface area contributed by atoms with E-state index in [9.17, 15) is 4.79 Å². The molecule has 1 aromatic rings. The second-order valence-electron chi connectivity index (χ2n) is 7.00. The summed E-state index contributed by atoms with van der Waals surface area (Å²) in [5.41, 5.74) is 0.860. The Bertz CT molecular complexity index is 594. The number of hydrogen-bond acceptors (Lipinski definition) is 5. The number of nitrogens with one attached hydrogen (secondary N) is 1. The fourth-order valence-corrected chi connectivity index (χ4v) is 2.67. The molecule has 6 nitrogen and oxygen atoms in total. The summed E-state index contributed by atoms with van der Waals surface area (Å²) < 4.78 is 15.9. The first-order valence-corrected chi connectivity index (χ1v) is 11.0. The molecule has 1 aromatic heterocycles. The molecule has 0 fully saturated rings. The molecule has 0 atom stereocenters. The van der Waals surface area contributed by atoms with E-state index >= 15 is 0 Å². The van der Waals surface area contributed by atoms with Crippen molar-refractivity contribution in [3.05, 3.63) is 17.8 Å². The van der Waals surface area contributed by atoms with Crippen LogP contribution in [0.3, 0.4) is 0 Å². The fourth-order valence-electron chi connectivity index (χ4n) is 1.58. The van der Waals surface area contributed by atoms with E-state index in [-0.39, 0.29) is 11.6 Å². The van der Waals surface area contributed by atoms with Gasteiger partial charge in [0.25, 0.3) is 5.89 Å². The van der Waals surface area contributed by atoms with Crippen LogP contribution >= 0.6 is 0 Å². The summed E-state index contributed by atoms with van der Waals surface area (Å²) in [4.78, 5) is 15.2. The fraction of sp³-hybridized carbons (Fsp3) is 0.647. The molecule has 7 heteroatoms. The lowest BCUT2D eigenvalue weighted by molar-refractivity contribution is 0.172. The van der Waals surface area contributed by atoms with Gasteiger partial charge in [-0.05, 0) is 36.9 Å². The maximum Gasteiger partial charge on any atom is 0.407 e. The number of rotatable bonds is 6. The predicted molar refractivity (Wildman–Crippen MR) is 95.3 cm³/mol. The lowest BCUT2D eigenvalue weighted by Crippen LogP contribution is -2.41. The van der Waals surface area contributed by atoms with E-state index in [2.05, 4.69) is 60.7 Å². The Morgan fingerprint density at radius 3 is 2.75 bits per heavy atom. The molecule has 0 radical (unpaired) electrons. The van der Waals surface area contributed by atoms with E-state index in [1.54, 1.807) is 6.26 Å². The standard InChI is InChI=1S/C17H28N2O4Si/c1-17(2,3)24(5,6)23-12-8-9-14-13-22-15(19-14)10-7-11-18-16(20)21-4/h13H,8-9,11-12H2,1-6H3,(H,18,20). The highest BCUT2D eigenvalue weighted by Crippen LogP contribution is 2.36. The Morgan fingerprint density at radius 2 is 2.12 bits per heavy atom. The molecule has 0 bridgehead atoms. The Balaban J connectivity index is 2.35. The van der Waals surface area contributed by atoms with Gasteiger partial charge in [-0.1, -0.05) is 26.7 Å². The average molecular weight is 353 g/mol. The monoisotopic (exact) mass is 352 g/mol. The molecule has 0 aliphatic rings. The van der Waals surface area contributed by atoms with Crippen molar-refractivity contribution in [2.24, 2.45) is 0 Å². The normalized spacial score (nSPS) is 11.6. The van der Waals surface area contributed by atoms with Crippen molar-refractivity contribution in [3.63, 3.8) is 0 Å². The maximum atomic E-state index is 10.9. The Hall–Kier alpha value is -1.78. The second-order valence-corrected chi connectivity index (χ2v) is 11.8. The van der Waals surface area contributed by atoms with Gasteiger partial charge in [-0.2, -0.15) is 0 Å². The Morgan fingerprint density at radius 1 is 1.42 bits per heavy atom. The van der Waals surface area contributed by atoms with Gasteiger partial charge in [0.2, 0.25) is 0 Å². The minimum Gasteiger partial charge on any atom is -0.453 e. The van der Waals surface area contributed by atoms with Gasteiger partial charge in [-0.15, -0.1) is 0 Å². The van der Waals surface area contributed by atoms with Crippen LogP contribution in [0.4, 0.5) is 4.79 Å². The summed E-state index contributed by atoms with van der Waals surface area (Å²) in [6.07, 6.45) is 2.79. The zero-order valence-electron chi connectivity index (χ0n) is 15.5. The SMILES string of the molecule is COC(=O)NCC#Cc1nc(CCCO[Si](C)(C)C(C)(C)C)co1. The third kappa shape index (κ3) is 6.77. The number of nitrogens with zero attached hydrogens (tertiary/aromatic N) is 1. The molecular formula is C17H28N2O4Si. The third-order valence-corrected chi connectivity index (χ3v) is 8.64. The smallest absolute Gasteiger partial charge is 0.407 e. The molecule has 0 saturated carbocycles. The first kappa shape index (κ1) is 20.3. The minimum atomic E-state index is -1.68. The largest absolute Gasteiger partial charge is 0.453 e. The summed E-state index contributed by atoms with van der Waals surface area (Å²) in [7, 11) is -0.380. The van der Waals surface area contributed by atoms with Crippen molar-refractivity contribution in [3.8, 4) is 11.8 Å². The van der Waals surface area contributed by atoms with Crippen LogP contribution in [0.1, 0.15) is 38.8 Å². The minimum absolute atomic E-state index is 0.185. The molecule has 0 aliphatic heterocycles. The van der Waals surface area contributed by atoms with E-state index < -0.39 is 14.4 Å². The summed E-state index contributed by atoms with van der Waals surface area (Å²) in [6.45, 7) is 12.1. The summed E-state index contributed by atoms with van der Waals surface area (Å²) in [5.74, 6) is 5.85. The summed E-state index contributed by atoms with van der Waals surface area (Å²) in [5, 5.41) is 2.68. The van der Waals surface area contributed by atoms with Crippen molar-refractivity contribution in [2.45, 2.75) is 51.7 Å². The van der Waals surface area contributed by atoms with Crippen LogP contribution in [-0.2, 0) is 15.6 Å². The van der Waals surface area contributed by atoms with E-state index in [4.69, 9.17) is 8.84 Å². The summed E-state index contributed by atoms with van der Waals surface area (Å²) >= 11 is 0. The average Bonchev–Trinajstić information content (AvgIpc) is 2.94. The topological polar surface area (TPSA) is 73.6 Å². The molecule has 0 spiro atoms. The van der Waals surface area contributed by atoms with Gasteiger partial charge in [-0.3, -0.25) is 0 Å². The number of carbonyl (C=O) groups is 1. The number of ether oxygens (including phenoxy) is 1. The molecule has 1 rings (SSSR count). The Labute approximate surface area is 145 Å². The van der Waals surface area contributed by atoms with Gasteiger partial charge >= 0.3 is 6.09 Å². The zero-order valence-corrected chi connectivity index (χ0v) is 16.5. The number of alkyl carbamates (subject to hydrolysis) is 1. The molecule has 1 amide bonds. The highest BCUT2D eigenvalue weighted by molar-refractivity contribution is 6.74. The third-order valence-electron chi connectivity index (χ3n) is 4.10. The van der Waals surface area contributed by atoms with Gasteiger partial charge in [0, 0.05) is 6.61 Å². The molecule has 0 unspecified atom stereocenters. The van der Waals surface area contributed by atoms with Gasteiger partial charge in [0.15, 0.2) is 8.32 Å². The molecule has 1 heterocycles. The van der Waals surface area contributed by atoms with Crippen LogP contribution in [0.15, 0.2) is 10.7 Å². The van der Waals surface area contributed by atoms with E-state index in [0.717, 1.165) is 25.1 Å². The Kier molecular flexibility index (Phi) is 7.51. The van der Waals surface area contributed by atoms with Crippen LogP contribution in [0.2, 0.25) is 18.1 Å². The van der Waals surface area contributed by atoms with E-state index in [1.807, 2.05) is 0 Å². The summed E-state index contributed by atoms with van der Waals surface area (Å²) in [6, 6.07) is 0. The number of carbonyl (C=O) groups excluding carboxylic acids is 1. The van der Waals surface area contributed by atoms with Gasteiger partial charge < -0.3 is 18.9 Å². The first-order chi connectivity index (χ1) is 11.2. The zero-order chi connectivity index (χ0) is 18.2. The van der Waals surface area contributed by atoms with Crippen LogP contribution in [0.25, 0.3) is 0 Å². The van der Waals surface area contributed by atoms with Crippen LogP contribution in [-0.4, -0.2) is 39.7 Å². The lowest BCUT2D eigenvalue weighted by atomic mass is 10.2. The molecule has 24 heavy (non-hydrogen) atoms. The highest BCUT2D eigenvalue weighted by Gasteiger charge is 2.36. The van der Waals surface area contributed by atoms with Crippen molar-refractivity contribution in [1.82, 2.24) is 10.3 Å². The number of aromatic nitrogens is 1. The maximum absolute atomic E-state index is 10.9. The van der Waals surface area contributed by atoms with Gasteiger partial charge in [0.1, 0.15) is 6.26 Å². The van der Waals surface area contributed by atoms with Crippen LogP contribution in [0, 0.1) is 11.8 Å². The molecule has 0 aliphatic carbocycles. The number of aryl methyl sites for hydroxylation is 1. The molecule has 0 saturated heterocycles. The number of hydrogen-bond donors (Lipinski definition) is 1. The number of methoxy groups -OCH3 is 1. The predicted octanol–water partition coefficient (Wildman–Crippen LogP) is 3.34. The van der Waals surface area contributed by atoms with E-state index in [0.29, 0.717) is 5.89 Å². The highest BCUT2D eigenvalue weighted by atomic mass is 28.4. The van der Waals surface area contributed by atoms with Gasteiger partial charge in [-0.25, -0.2) is 9.78 Å². The molecule has 134 valence electrons. The van der Waals surface area contributed by atoms with E-state index in [1.165, 1.54) is 7.11 Å². The molecule has 0 aromatic carbocycles. The van der Waals surface area contributed by atoms with Crippen molar-refractivity contribution < 1.29 is 18.4 Å². The molecular weight excluding hydrogens is 324 g/mol. The number of amides is 1. The number of oxazole rings is 1. The van der Waals surface area contributed by atoms with Crippen molar-refractivity contribution >= 4 is 14.4 Å².